The van der Waals surface area contributed by atoms with Gasteiger partial charge >= 0.3 is 6.01 Å². The van der Waals surface area contributed by atoms with E-state index in [4.69, 9.17) is 9.72 Å². The van der Waals surface area contributed by atoms with Crippen LogP contribution in [0.25, 0.3) is 32.9 Å². The average Bonchev–Trinajstić information content (AvgIpc) is 3.29. The van der Waals surface area contributed by atoms with Crippen LogP contribution in [-0.4, -0.2) is 38.1 Å². The lowest BCUT2D eigenvalue weighted by Crippen LogP contribution is -2.37. The Morgan fingerprint density at radius 1 is 0.947 bits per heavy atom. The second kappa shape index (κ2) is 9.20. The quantitative estimate of drug-likeness (QED) is 0.317. The first-order valence-electron chi connectivity index (χ1n) is 13.0. The SMILES string of the molecule is Oc1cc(-c2ncc3c(N4CC5CCC(C5)C4)nc(OCc4ccccn4)nc3c2F)c2ccccc2c1. The van der Waals surface area contributed by atoms with Gasteiger partial charge in [0.2, 0.25) is 0 Å². The number of phenolic OH excluding ortho intramolecular Hbond substituents is 1. The van der Waals surface area contributed by atoms with Crippen molar-refractivity contribution < 1.29 is 14.2 Å². The highest BCUT2D eigenvalue weighted by Gasteiger charge is 2.34. The van der Waals surface area contributed by atoms with Crippen LogP contribution in [0.3, 0.4) is 0 Å². The molecule has 7 rings (SSSR count). The van der Waals surface area contributed by atoms with Crippen molar-refractivity contribution >= 4 is 27.5 Å². The Morgan fingerprint density at radius 2 is 1.76 bits per heavy atom. The van der Waals surface area contributed by atoms with Gasteiger partial charge in [-0.15, -0.1) is 0 Å². The van der Waals surface area contributed by atoms with E-state index in [1.807, 2.05) is 42.5 Å². The molecule has 1 aliphatic heterocycles. The summed E-state index contributed by atoms with van der Waals surface area (Å²) in [7, 11) is 0. The first-order valence-corrected chi connectivity index (χ1v) is 13.0. The number of nitrogens with zero attached hydrogens (tertiary/aromatic N) is 5. The van der Waals surface area contributed by atoms with Gasteiger partial charge < -0.3 is 14.7 Å². The van der Waals surface area contributed by atoms with Gasteiger partial charge in [-0.1, -0.05) is 30.3 Å². The molecule has 190 valence electrons. The fraction of sp³-hybridized carbons (Fsp3) is 0.267. The largest absolute Gasteiger partial charge is 0.508 e. The molecule has 2 fully saturated rings. The van der Waals surface area contributed by atoms with Gasteiger partial charge in [0.1, 0.15) is 29.4 Å². The molecule has 8 heteroatoms. The molecule has 2 atom stereocenters. The van der Waals surface area contributed by atoms with Crippen molar-refractivity contribution in [1.29, 1.82) is 0 Å². The Balaban J connectivity index is 1.38. The maximum absolute atomic E-state index is 16.3. The zero-order valence-corrected chi connectivity index (χ0v) is 20.7. The van der Waals surface area contributed by atoms with Crippen LogP contribution in [0, 0.1) is 17.7 Å². The van der Waals surface area contributed by atoms with Gasteiger partial charge in [-0.3, -0.25) is 9.97 Å². The van der Waals surface area contributed by atoms with E-state index in [2.05, 4.69) is 19.9 Å². The summed E-state index contributed by atoms with van der Waals surface area (Å²) in [5.41, 5.74) is 1.52. The van der Waals surface area contributed by atoms with Crippen molar-refractivity contribution in [3.8, 4) is 23.0 Å². The second-order valence-electron chi connectivity index (χ2n) is 10.3. The number of hydrogen-bond donors (Lipinski definition) is 1. The maximum atomic E-state index is 16.3. The van der Waals surface area contributed by atoms with Gasteiger partial charge in [0.05, 0.1) is 11.1 Å². The van der Waals surface area contributed by atoms with E-state index < -0.39 is 5.82 Å². The monoisotopic (exact) mass is 507 g/mol. The Labute approximate surface area is 219 Å². The number of ether oxygens (including phenoxy) is 1. The minimum Gasteiger partial charge on any atom is -0.508 e. The van der Waals surface area contributed by atoms with Crippen molar-refractivity contribution in [2.24, 2.45) is 11.8 Å². The van der Waals surface area contributed by atoms with Crippen LogP contribution >= 0.6 is 0 Å². The molecule has 3 aromatic heterocycles. The third kappa shape index (κ3) is 4.06. The number of rotatable bonds is 5. The summed E-state index contributed by atoms with van der Waals surface area (Å²) in [4.78, 5) is 20.4. The highest BCUT2D eigenvalue weighted by molar-refractivity contribution is 5.99. The average molecular weight is 508 g/mol. The second-order valence-corrected chi connectivity index (χ2v) is 10.3. The predicted octanol–water partition coefficient (Wildman–Crippen LogP) is 5.90. The zero-order chi connectivity index (χ0) is 25.6. The molecule has 5 aromatic rings. The maximum Gasteiger partial charge on any atom is 0.319 e. The van der Waals surface area contributed by atoms with Crippen LogP contribution in [0.4, 0.5) is 10.2 Å². The van der Waals surface area contributed by atoms with Crippen molar-refractivity contribution in [2.45, 2.75) is 25.9 Å². The van der Waals surface area contributed by atoms with E-state index in [0.717, 1.165) is 29.6 Å². The van der Waals surface area contributed by atoms with Gasteiger partial charge in [0.25, 0.3) is 0 Å². The molecule has 1 saturated carbocycles. The van der Waals surface area contributed by atoms with Crippen LogP contribution in [0.15, 0.2) is 67.0 Å². The molecule has 38 heavy (non-hydrogen) atoms. The molecule has 7 nitrogen and oxygen atoms in total. The number of benzene rings is 2. The minimum absolute atomic E-state index is 0.0477. The van der Waals surface area contributed by atoms with Crippen molar-refractivity contribution in [3.05, 3.63) is 78.5 Å². The van der Waals surface area contributed by atoms with Crippen LogP contribution in [0.2, 0.25) is 0 Å². The number of anilines is 1. The van der Waals surface area contributed by atoms with E-state index in [-0.39, 0.29) is 29.6 Å². The first-order chi connectivity index (χ1) is 18.6. The molecule has 1 aliphatic carbocycles. The molecule has 2 aliphatic rings. The van der Waals surface area contributed by atoms with Crippen LogP contribution in [0.5, 0.6) is 11.8 Å². The molecule has 0 spiro atoms. The molecule has 2 bridgehead atoms. The summed E-state index contributed by atoms with van der Waals surface area (Å²) in [5.74, 6) is 1.37. The smallest absolute Gasteiger partial charge is 0.319 e. The lowest BCUT2D eigenvalue weighted by molar-refractivity contribution is 0.277. The van der Waals surface area contributed by atoms with Gasteiger partial charge in [-0.05, 0) is 66.1 Å². The molecule has 2 aromatic carbocycles. The summed E-state index contributed by atoms with van der Waals surface area (Å²) in [6, 6.07) is 16.4. The van der Waals surface area contributed by atoms with E-state index >= 15 is 4.39 Å². The van der Waals surface area contributed by atoms with Gasteiger partial charge in [-0.25, -0.2) is 4.39 Å². The number of piperidine rings is 1. The molecule has 4 heterocycles. The number of pyridine rings is 2. The predicted molar refractivity (Wildman–Crippen MR) is 144 cm³/mol. The highest BCUT2D eigenvalue weighted by atomic mass is 19.1. The minimum atomic E-state index is -0.565. The third-order valence-electron chi connectivity index (χ3n) is 7.73. The number of aromatic hydroxyl groups is 1. The number of aromatic nitrogens is 4. The number of halogens is 1. The molecule has 0 radical (unpaired) electrons. The molecule has 1 N–H and O–H groups in total. The van der Waals surface area contributed by atoms with E-state index in [1.165, 1.54) is 19.3 Å². The third-order valence-corrected chi connectivity index (χ3v) is 7.73. The molecule has 1 saturated heterocycles. The number of hydrogen-bond acceptors (Lipinski definition) is 7. The fourth-order valence-corrected chi connectivity index (χ4v) is 6.01. The van der Waals surface area contributed by atoms with Crippen LogP contribution < -0.4 is 9.64 Å². The van der Waals surface area contributed by atoms with E-state index in [1.54, 1.807) is 24.5 Å². The zero-order valence-electron chi connectivity index (χ0n) is 20.7. The van der Waals surface area contributed by atoms with Crippen LogP contribution in [-0.2, 0) is 6.61 Å². The Morgan fingerprint density at radius 3 is 2.58 bits per heavy atom. The molecular formula is C30H26FN5O2. The van der Waals surface area contributed by atoms with Crippen molar-refractivity contribution in [2.75, 3.05) is 18.0 Å². The van der Waals surface area contributed by atoms with Crippen molar-refractivity contribution in [3.63, 3.8) is 0 Å². The van der Waals surface area contributed by atoms with Crippen LogP contribution in [0.1, 0.15) is 25.0 Å². The highest BCUT2D eigenvalue weighted by Crippen LogP contribution is 2.41. The summed E-state index contributed by atoms with van der Waals surface area (Å²) < 4.78 is 22.3. The molecule has 0 amide bonds. The lowest BCUT2D eigenvalue weighted by Gasteiger charge is -2.33. The lowest BCUT2D eigenvalue weighted by atomic mass is 9.98. The summed E-state index contributed by atoms with van der Waals surface area (Å²) in [5, 5.41) is 12.5. The Bertz CT molecular complexity index is 1650. The molecule has 2 unspecified atom stereocenters. The summed E-state index contributed by atoms with van der Waals surface area (Å²) in [6.45, 7) is 1.93. The standard InChI is InChI=1S/C30H26FN5O2/c31-26-27(24-13-22(37)12-20-5-1-2-7-23(20)24)33-14-25-28(26)34-30(38-17-21-6-3-4-10-32-21)35-29(25)36-15-18-8-9-19(11-18)16-36/h1-7,10,12-14,18-19,37H,8-9,11,15-17H2. The normalized spacial score (nSPS) is 18.8. The fourth-order valence-electron chi connectivity index (χ4n) is 6.01. The van der Waals surface area contributed by atoms with E-state index in [9.17, 15) is 5.11 Å². The van der Waals surface area contributed by atoms with Crippen molar-refractivity contribution in [1.82, 2.24) is 19.9 Å². The summed E-state index contributed by atoms with van der Waals surface area (Å²) >= 11 is 0. The van der Waals surface area contributed by atoms with Gasteiger partial charge in [0, 0.05) is 31.0 Å². The topological polar surface area (TPSA) is 84.3 Å². The van der Waals surface area contributed by atoms with Gasteiger partial charge in [0.15, 0.2) is 5.82 Å². The first kappa shape index (κ1) is 22.8. The Kier molecular flexibility index (Phi) is 5.53. The Hall–Kier alpha value is -4.33. The number of fused-ring (bicyclic) bond motifs is 4. The molecular weight excluding hydrogens is 481 g/mol. The van der Waals surface area contributed by atoms with Gasteiger partial charge in [-0.2, -0.15) is 9.97 Å². The van der Waals surface area contributed by atoms with E-state index in [0.29, 0.717) is 28.6 Å². The number of phenols is 1. The summed E-state index contributed by atoms with van der Waals surface area (Å²) in [6.07, 6.45) is 7.03.